The molecule has 0 fully saturated rings. The molecule has 100 valence electrons. The van der Waals surface area contributed by atoms with Gasteiger partial charge in [-0.2, -0.15) is 0 Å². The average molecular weight is 390 g/mol. The molecule has 0 aliphatic rings. The van der Waals surface area contributed by atoms with Crippen molar-refractivity contribution in [3.05, 3.63) is 60.9 Å². The Morgan fingerprint density at radius 3 is 2.42 bits per heavy atom. The van der Waals surface area contributed by atoms with Crippen molar-refractivity contribution in [3.8, 4) is 0 Å². The fourth-order valence-corrected chi connectivity index (χ4v) is 2.20. The lowest BCUT2D eigenvalue weighted by Crippen LogP contribution is -2.12. The Balaban J connectivity index is 1.87. The van der Waals surface area contributed by atoms with Crippen LogP contribution in [0.4, 0.5) is 5.69 Å². The summed E-state index contributed by atoms with van der Waals surface area (Å²) in [4.78, 5) is 10.1. The fraction of sp³-hybridized carbons (Fsp3) is 0.167. The molecule has 5 nitrogen and oxygen atoms in total. The fourth-order valence-electron chi connectivity index (χ4n) is 1.54. The quantitative estimate of drug-likeness (QED) is 0.619. The van der Waals surface area contributed by atoms with E-state index in [2.05, 4.69) is 37.2 Å². The normalized spacial score (nSPS) is 10.6. The first kappa shape index (κ1) is 14.2. The first-order valence-corrected chi connectivity index (χ1v) is 7.02. The van der Waals surface area contributed by atoms with Gasteiger partial charge < -0.3 is 9.73 Å². The molecule has 1 aromatic carbocycles. The molecule has 0 amide bonds. The summed E-state index contributed by atoms with van der Waals surface area (Å²) < 4.78 is 6.96. The van der Waals surface area contributed by atoms with Crippen LogP contribution in [-0.2, 0) is 13.1 Å². The van der Waals surface area contributed by atoms with Crippen LogP contribution in [0.25, 0.3) is 0 Å². The molecule has 0 radical (unpaired) electrons. The van der Waals surface area contributed by atoms with Gasteiger partial charge in [0.05, 0.1) is 15.9 Å². The Kier molecular flexibility index (Phi) is 4.73. The Bertz CT molecular complexity index is 562. The number of benzene rings is 1. The third kappa shape index (κ3) is 3.89. The highest BCUT2D eigenvalue weighted by molar-refractivity contribution is 9.13. The molecule has 0 spiro atoms. The lowest BCUT2D eigenvalue weighted by Gasteiger charge is -2.02. The Labute approximate surface area is 126 Å². The van der Waals surface area contributed by atoms with E-state index in [0.717, 1.165) is 15.8 Å². The smallest absolute Gasteiger partial charge is 0.269 e. The third-order valence-corrected chi connectivity index (χ3v) is 4.18. The molecule has 2 rings (SSSR count). The van der Waals surface area contributed by atoms with E-state index in [1.165, 1.54) is 12.1 Å². The highest BCUT2D eigenvalue weighted by atomic mass is 79.9. The first-order valence-electron chi connectivity index (χ1n) is 5.44. The first-order chi connectivity index (χ1) is 9.06. The largest absolute Gasteiger partial charge is 0.452 e. The molecular formula is C12H10Br2N2O3. The summed E-state index contributed by atoms with van der Waals surface area (Å²) >= 11 is 6.61. The van der Waals surface area contributed by atoms with Gasteiger partial charge in [0.2, 0.25) is 0 Å². The molecular weight excluding hydrogens is 380 g/mol. The zero-order chi connectivity index (χ0) is 13.8. The zero-order valence-electron chi connectivity index (χ0n) is 9.73. The highest BCUT2D eigenvalue weighted by Crippen LogP contribution is 2.26. The van der Waals surface area contributed by atoms with Crippen LogP contribution in [0.1, 0.15) is 11.3 Å². The van der Waals surface area contributed by atoms with Crippen LogP contribution in [0, 0.1) is 10.1 Å². The summed E-state index contributed by atoms with van der Waals surface area (Å²) in [7, 11) is 0. The van der Waals surface area contributed by atoms with Crippen LogP contribution >= 0.6 is 31.9 Å². The minimum Gasteiger partial charge on any atom is -0.452 e. The van der Waals surface area contributed by atoms with E-state index in [9.17, 15) is 10.1 Å². The maximum atomic E-state index is 10.5. The second-order valence-corrected chi connectivity index (χ2v) is 5.44. The number of nitro groups is 1. The molecule has 0 saturated carbocycles. The second kappa shape index (κ2) is 6.31. The van der Waals surface area contributed by atoms with Crippen molar-refractivity contribution < 1.29 is 9.34 Å². The summed E-state index contributed by atoms with van der Waals surface area (Å²) in [5, 5.41) is 13.7. The van der Waals surface area contributed by atoms with Crippen LogP contribution in [-0.4, -0.2) is 4.92 Å². The third-order valence-electron chi connectivity index (χ3n) is 2.47. The molecule has 1 N–H and O–H groups in total. The van der Waals surface area contributed by atoms with Crippen molar-refractivity contribution >= 4 is 37.5 Å². The molecule has 7 heteroatoms. The van der Waals surface area contributed by atoms with Gasteiger partial charge in [-0.15, -0.1) is 0 Å². The number of nitrogens with one attached hydrogen (secondary N) is 1. The monoisotopic (exact) mass is 388 g/mol. The summed E-state index contributed by atoms with van der Waals surface area (Å²) in [5.74, 6) is 0.806. The number of hydrogen-bond donors (Lipinski definition) is 1. The van der Waals surface area contributed by atoms with Gasteiger partial charge in [0.1, 0.15) is 5.76 Å². The topological polar surface area (TPSA) is 68.3 Å². The van der Waals surface area contributed by atoms with Crippen molar-refractivity contribution in [1.82, 2.24) is 5.32 Å². The van der Waals surface area contributed by atoms with E-state index in [-0.39, 0.29) is 5.69 Å². The van der Waals surface area contributed by atoms with Crippen LogP contribution in [0.5, 0.6) is 0 Å². The zero-order valence-corrected chi connectivity index (χ0v) is 12.9. The van der Waals surface area contributed by atoms with E-state index < -0.39 is 4.92 Å². The minimum atomic E-state index is -0.408. The van der Waals surface area contributed by atoms with Gasteiger partial charge in [0, 0.05) is 18.7 Å². The number of nitro benzene ring substituents is 1. The summed E-state index contributed by atoms with van der Waals surface area (Å²) in [5.41, 5.74) is 1.08. The van der Waals surface area contributed by atoms with E-state index >= 15 is 0 Å². The van der Waals surface area contributed by atoms with Crippen molar-refractivity contribution in [2.45, 2.75) is 13.1 Å². The average Bonchev–Trinajstić information content (AvgIpc) is 2.69. The second-order valence-electron chi connectivity index (χ2n) is 3.86. The number of non-ortho nitro benzene ring substituents is 1. The van der Waals surface area contributed by atoms with Crippen LogP contribution in [0.15, 0.2) is 43.9 Å². The van der Waals surface area contributed by atoms with Crippen LogP contribution in [0.2, 0.25) is 0 Å². The SMILES string of the molecule is O=[N+]([O-])c1ccc(CNCc2cc(Br)c(Br)o2)cc1. The number of hydrogen-bond acceptors (Lipinski definition) is 4. The molecule has 2 aromatic rings. The van der Waals surface area contributed by atoms with Crippen molar-refractivity contribution in [1.29, 1.82) is 0 Å². The van der Waals surface area contributed by atoms with E-state index in [0.29, 0.717) is 17.8 Å². The predicted molar refractivity (Wildman–Crippen MR) is 77.7 cm³/mol. The Morgan fingerprint density at radius 1 is 1.21 bits per heavy atom. The minimum absolute atomic E-state index is 0.0997. The summed E-state index contributed by atoms with van der Waals surface area (Å²) in [6, 6.07) is 8.35. The number of furan rings is 1. The molecule has 1 aromatic heterocycles. The molecule has 0 aliphatic heterocycles. The molecule has 0 saturated heterocycles. The van der Waals surface area contributed by atoms with Crippen LogP contribution < -0.4 is 5.32 Å². The number of halogens is 2. The standard InChI is InChI=1S/C12H10Br2N2O3/c13-11-5-10(19-12(11)14)7-15-6-8-1-3-9(4-2-8)16(17)18/h1-5,15H,6-7H2. The molecule has 0 atom stereocenters. The van der Waals surface area contributed by atoms with E-state index in [4.69, 9.17) is 4.42 Å². The van der Waals surface area contributed by atoms with Gasteiger partial charge >= 0.3 is 0 Å². The van der Waals surface area contributed by atoms with Gasteiger partial charge in [-0.05, 0) is 43.5 Å². The van der Waals surface area contributed by atoms with Crippen molar-refractivity contribution in [2.24, 2.45) is 0 Å². The maximum absolute atomic E-state index is 10.5. The predicted octanol–water partition coefficient (Wildman–Crippen LogP) is 4.00. The van der Waals surface area contributed by atoms with Crippen molar-refractivity contribution in [3.63, 3.8) is 0 Å². The molecule has 19 heavy (non-hydrogen) atoms. The van der Waals surface area contributed by atoms with Gasteiger partial charge in [0.15, 0.2) is 4.67 Å². The number of rotatable bonds is 5. The maximum Gasteiger partial charge on any atom is 0.269 e. The molecule has 0 bridgehead atoms. The van der Waals surface area contributed by atoms with Gasteiger partial charge in [-0.25, -0.2) is 0 Å². The molecule has 0 unspecified atom stereocenters. The van der Waals surface area contributed by atoms with Gasteiger partial charge in [0.25, 0.3) is 5.69 Å². The van der Waals surface area contributed by atoms with Gasteiger partial charge in [-0.3, -0.25) is 10.1 Å². The summed E-state index contributed by atoms with van der Waals surface area (Å²) in [6.07, 6.45) is 0. The Morgan fingerprint density at radius 2 is 1.89 bits per heavy atom. The van der Waals surface area contributed by atoms with E-state index in [1.807, 2.05) is 6.07 Å². The lowest BCUT2D eigenvalue weighted by atomic mass is 10.2. The van der Waals surface area contributed by atoms with Gasteiger partial charge in [-0.1, -0.05) is 12.1 Å². The lowest BCUT2D eigenvalue weighted by molar-refractivity contribution is -0.384. The highest BCUT2D eigenvalue weighted by Gasteiger charge is 2.06. The van der Waals surface area contributed by atoms with E-state index in [1.54, 1.807) is 12.1 Å². The summed E-state index contributed by atoms with van der Waals surface area (Å²) in [6.45, 7) is 1.20. The molecule has 0 aliphatic carbocycles. The van der Waals surface area contributed by atoms with Crippen molar-refractivity contribution in [2.75, 3.05) is 0 Å². The van der Waals surface area contributed by atoms with Crippen LogP contribution in [0.3, 0.4) is 0 Å². The molecule has 1 heterocycles. The Hall–Kier alpha value is -1.18. The number of nitrogens with zero attached hydrogens (tertiary/aromatic N) is 1.